The highest BCUT2D eigenvalue weighted by atomic mass is 16.5. The van der Waals surface area contributed by atoms with Gasteiger partial charge >= 0.3 is 5.97 Å². The number of benzene rings is 1. The zero-order valence-electron chi connectivity index (χ0n) is 17.4. The van der Waals surface area contributed by atoms with Crippen molar-refractivity contribution in [1.82, 2.24) is 4.98 Å². The van der Waals surface area contributed by atoms with Gasteiger partial charge in [-0.3, -0.25) is 9.78 Å². The van der Waals surface area contributed by atoms with Crippen molar-refractivity contribution in [2.75, 3.05) is 6.61 Å². The van der Waals surface area contributed by atoms with Crippen molar-refractivity contribution in [1.29, 1.82) is 0 Å². The maximum atomic E-state index is 13.2. The Labute approximate surface area is 172 Å². The Balaban J connectivity index is 1.38. The lowest BCUT2D eigenvalue weighted by Gasteiger charge is -2.55. The first-order valence-electron chi connectivity index (χ1n) is 11.1. The second-order valence-corrected chi connectivity index (χ2v) is 9.63. The number of rotatable bonds is 5. The van der Waals surface area contributed by atoms with E-state index in [1.54, 1.807) is 0 Å². The number of ether oxygens (including phenoxy) is 1. The predicted molar refractivity (Wildman–Crippen MR) is 112 cm³/mol. The van der Waals surface area contributed by atoms with Crippen LogP contribution in [0.4, 0.5) is 0 Å². The summed E-state index contributed by atoms with van der Waals surface area (Å²) in [6, 6.07) is 7.67. The van der Waals surface area contributed by atoms with Gasteiger partial charge in [0, 0.05) is 16.5 Å². The van der Waals surface area contributed by atoms with Crippen molar-refractivity contribution in [2.45, 2.75) is 58.8 Å². The molecule has 0 radical (unpaired) electrons. The zero-order chi connectivity index (χ0) is 20.2. The number of esters is 1. The van der Waals surface area contributed by atoms with Gasteiger partial charge in [0.2, 0.25) is 0 Å². The molecule has 4 fully saturated rings. The van der Waals surface area contributed by atoms with E-state index in [-0.39, 0.29) is 17.8 Å². The Morgan fingerprint density at radius 1 is 1.07 bits per heavy atom. The van der Waals surface area contributed by atoms with Crippen LogP contribution >= 0.6 is 0 Å². The van der Waals surface area contributed by atoms with Gasteiger partial charge in [-0.2, -0.15) is 0 Å². The fourth-order valence-electron chi connectivity index (χ4n) is 6.77. The Hall–Kier alpha value is -2.23. The third-order valence-electron chi connectivity index (χ3n) is 7.74. The first-order chi connectivity index (χ1) is 14.0. The highest BCUT2D eigenvalue weighted by Gasteiger charge is 2.54. The Kier molecular flexibility index (Phi) is 4.49. The summed E-state index contributed by atoms with van der Waals surface area (Å²) in [6.45, 7) is 3.87. The smallest absolute Gasteiger partial charge is 0.339 e. The summed E-state index contributed by atoms with van der Waals surface area (Å²) in [4.78, 5) is 31.0. The summed E-state index contributed by atoms with van der Waals surface area (Å²) in [5.74, 6) is 1.88. The van der Waals surface area contributed by atoms with E-state index < -0.39 is 5.97 Å². The van der Waals surface area contributed by atoms with Crippen LogP contribution in [0.2, 0.25) is 0 Å². The summed E-state index contributed by atoms with van der Waals surface area (Å²) < 4.78 is 5.65. The van der Waals surface area contributed by atoms with Crippen LogP contribution in [0, 0.1) is 30.1 Å². The maximum absolute atomic E-state index is 13.2. The molecule has 4 bridgehead atoms. The van der Waals surface area contributed by atoms with Crippen molar-refractivity contribution >= 4 is 22.7 Å². The number of carbonyl (C=O) groups is 2. The van der Waals surface area contributed by atoms with Crippen molar-refractivity contribution in [3.63, 3.8) is 0 Å². The van der Waals surface area contributed by atoms with Crippen LogP contribution in [-0.4, -0.2) is 23.3 Å². The Morgan fingerprint density at radius 3 is 2.31 bits per heavy atom. The molecule has 152 valence electrons. The summed E-state index contributed by atoms with van der Waals surface area (Å²) in [7, 11) is 0. The molecule has 1 aromatic carbocycles. The highest BCUT2D eigenvalue weighted by molar-refractivity contribution is 6.05. The fourth-order valence-corrected chi connectivity index (χ4v) is 6.77. The van der Waals surface area contributed by atoms with Crippen molar-refractivity contribution < 1.29 is 14.3 Å². The number of ketones is 1. The molecule has 6 rings (SSSR count). The number of hydrogen-bond acceptors (Lipinski definition) is 4. The molecule has 1 aromatic heterocycles. The molecule has 4 saturated carbocycles. The van der Waals surface area contributed by atoms with E-state index in [1.807, 2.05) is 38.1 Å². The molecule has 0 aliphatic heterocycles. The minimum absolute atomic E-state index is 0.0947. The minimum Gasteiger partial charge on any atom is -0.454 e. The maximum Gasteiger partial charge on any atom is 0.339 e. The average molecular weight is 392 g/mol. The molecule has 4 aliphatic carbocycles. The van der Waals surface area contributed by atoms with E-state index in [2.05, 4.69) is 4.98 Å². The minimum atomic E-state index is -0.395. The van der Waals surface area contributed by atoms with Gasteiger partial charge in [-0.05, 0) is 81.3 Å². The number of Topliss-reactive ketones (excluding diaryl/α,β-unsaturated/α-hetero) is 1. The average Bonchev–Trinajstić information content (AvgIpc) is 2.70. The molecular formula is C25H29NO3. The Morgan fingerprint density at radius 2 is 1.69 bits per heavy atom. The second-order valence-electron chi connectivity index (χ2n) is 9.63. The summed E-state index contributed by atoms with van der Waals surface area (Å²) >= 11 is 0. The van der Waals surface area contributed by atoms with E-state index in [0.29, 0.717) is 23.3 Å². The third-order valence-corrected chi connectivity index (χ3v) is 7.74. The largest absolute Gasteiger partial charge is 0.454 e. The van der Waals surface area contributed by atoms with E-state index >= 15 is 0 Å². The van der Waals surface area contributed by atoms with Crippen LogP contribution in [0.5, 0.6) is 0 Å². The number of para-hydroxylation sites is 1. The highest BCUT2D eigenvalue weighted by Crippen LogP contribution is 2.60. The number of aromatic nitrogens is 1. The molecule has 0 amide bonds. The summed E-state index contributed by atoms with van der Waals surface area (Å²) in [5, 5.41) is 0.800. The Bertz CT molecular complexity index is 958. The van der Waals surface area contributed by atoms with Crippen molar-refractivity contribution in [2.24, 2.45) is 23.2 Å². The zero-order valence-corrected chi connectivity index (χ0v) is 17.4. The van der Waals surface area contributed by atoms with Gasteiger partial charge in [0.1, 0.15) is 0 Å². The standard InChI is InChI=1S/C25H29NO3/c1-3-20-15(2)23(19-6-4-5-7-21(19)26-20)24(28)29-14-22(27)25-11-16-8-17(12-25)10-18(9-16)13-25/h4-7,16-18H,3,8-14H2,1-2H3. The van der Waals surface area contributed by atoms with Crippen LogP contribution in [0.25, 0.3) is 10.9 Å². The molecule has 0 unspecified atom stereocenters. The van der Waals surface area contributed by atoms with Crippen LogP contribution in [0.3, 0.4) is 0 Å². The van der Waals surface area contributed by atoms with Crippen LogP contribution in [-0.2, 0) is 16.0 Å². The van der Waals surface area contributed by atoms with Crippen LogP contribution in [0.15, 0.2) is 24.3 Å². The lowest BCUT2D eigenvalue weighted by atomic mass is 9.48. The number of carbonyl (C=O) groups excluding carboxylic acids is 2. The molecule has 4 aliphatic rings. The van der Waals surface area contributed by atoms with E-state index in [4.69, 9.17) is 4.74 Å². The summed E-state index contributed by atoms with van der Waals surface area (Å²) in [6.07, 6.45) is 7.67. The normalized spacial score (nSPS) is 29.9. The molecule has 0 spiro atoms. The number of fused-ring (bicyclic) bond motifs is 1. The molecule has 29 heavy (non-hydrogen) atoms. The fraction of sp³-hybridized carbons (Fsp3) is 0.560. The molecule has 4 heteroatoms. The molecule has 0 atom stereocenters. The van der Waals surface area contributed by atoms with Gasteiger partial charge in [-0.15, -0.1) is 0 Å². The van der Waals surface area contributed by atoms with E-state index in [0.717, 1.165) is 47.8 Å². The molecule has 4 nitrogen and oxygen atoms in total. The lowest BCUT2D eigenvalue weighted by Crippen LogP contribution is -2.51. The number of hydrogen-bond donors (Lipinski definition) is 0. The first kappa shape index (κ1) is 18.8. The molecule has 0 N–H and O–H groups in total. The first-order valence-corrected chi connectivity index (χ1v) is 11.1. The monoisotopic (exact) mass is 391 g/mol. The van der Waals surface area contributed by atoms with Crippen molar-refractivity contribution in [3.8, 4) is 0 Å². The van der Waals surface area contributed by atoms with E-state index in [9.17, 15) is 9.59 Å². The topological polar surface area (TPSA) is 56.3 Å². The van der Waals surface area contributed by atoms with Gasteiger partial charge in [0.25, 0.3) is 0 Å². The van der Waals surface area contributed by atoms with Crippen LogP contribution in [0.1, 0.15) is 67.1 Å². The second kappa shape index (κ2) is 6.93. The van der Waals surface area contributed by atoms with Gasteiger partial charge in [-0.1, -0.05) is 25.1 Å². The molecular weight excluding hydrogens is 362 g/mol. The number of aryl methyl sites for hydroxylation is 1. The molecule has 0 saturated heterocycles. The number of pyridine rings is 1. The van der Waals surface area contributed by atoms with Gasteiger partial charge in [0.05, 0.1) is 11.1 Å². The summed E-state index contributed by atoms with van der Waals surface area (Å²) in [5.41, 5.74) is 2.90. The van der Waals surface area contributed by atoms with Gasteiger partial charge < -0.3 is 4.74 Å². The van der Waals surface area contributed by atoms with Gasteiger partial charge in [-0.25, -0.2) is 4.79 Å². The third kappa shape index (κ3) is 3.08. The number of nitrogens with zero attached hydrogens (tertiary/aromatic N) is 1. The van der Waals surface area contributed by atoms with Gasteiger partial charge in [0.15, 0.2) is 12.4 Å². The quantitative estimate of drug-likeness (QED) is 0.670. The molecule has 2 aromatic rings. The van der Waals surface area contributed by atoms with Crippen molar-refractivity contribution in [3.05, 3.63) is 41.1 Å². The lowest BCUT2D eigenvalue weighted by molar-refractivity contribution is -0.147. The van der Waals surface area contributed by atoms with Crippen LogP contribution < -0.4 is 0 Å². The SMILES string of the molecule is CCc1nc2ccccc2c(C(=O)OCC(=O)C23CC4CC(CC(C4)C2)C3)c1C. The van der Waals surface area contributed by atoms with E-state index in [1.165, 1.54) is 19.3 Å². The molecule has 1 heterocycles. The predicted octanol–water partition coefficient (Wildman–Crippen LogP) is 5.05.